The molecule has 2 nitrogen and oxygen atoms in total. The maximum absolute atomic E-state index is 12.6. The third-order valence-corrected chi connectivity index (χ3v) is 3.01. The lowest BCUT2D eigenvalue weighted by Crippen LogP contribution is -2.16. The van der Waals surface area contributed by atoms with E-state index in [2.05, 4.69) is 0 Å². The Balaban J connectivity index is 2.75. The summed E-state index contributed by atoms with van der Waals surface area (Å²) in [6, 6.07) is 7.74. The van der Waals surface area contributed by atoms with Crippen LogP contribution in [0.2, 0.25) is 0 Å². The highest BCUT2D eigenvalue weighted by Gasteiger charge is 2.37. The topological polar surface area (TPSA) is 37.3 Å². The van der Waals surface area contributed by atoms with E-state index in [-0.39, 0.29) is 16.7 Å². The summed E-state index contributed by atoms with van der Waals surface area (Å²) >= 11 is -3.08. The van der Waals surface area contributed by atoms with Crippen molar-refractivity contribution in [2.45, 2.75) is 9.48 Å². The average molecular weight is 224 g/mol. The van der Waals surface area contributed by atoms with Crippen LogP contribution in [-0.2, 0) is 11.1 Å². The fourth-order valence-electron chi connectivity index (χ4n) is 0.661. The first-order chi connectivity index (χ1) is 6.02. The Kier molecular flexibility index (Phi) is 3.40. The molecule has 0 amide bonds. The number of thioether (sulfide) groups is 1. The Bertz CT molecular complexity index is 303. The van der Waals surface area contributed by atoms with Crippen molar-refractivity contribution < 1.29 is 17.5 Å². The van der Waals surface area contributed by atoms with E-state index in [1.165, 1.54) is 12.1 Å². The Morgan fingerprint density at radius 3 is 2.31 bits per heavy atom. The van der Waals surface area contributed by atoms with Crippen LogP contribution in [0.5, 0.6) is 0 Å². The van der Waals surface area contributed by atoms with Gasteiger partial charge >= 0.3 is 4.59 Å². The van der Waals surface area contributed by atoms with E-state index in [1.54, 1.807) is 18.2 Å². The number of halogens is 2. The van der Waals surface area contributed by atoms with E-state index in [4.69, 9.17) is 4.55 Å². The number of alkyl halides is 2. The molecule has 1 rings (SSSR count). The molecular weight excluding hydrogens is 218 g/mol. The van der Waals surface area contributed by atoms with Crippen LogP contribution in [0.3, 0.4) is 0 Å². The zero-order valence-corrected chi connectivity index (χ0v) is 7.95. The molecule has 0 spiro atoms. The van der Waals surface area contributed by atoms with E-state index in [0.717, 1.165) is 0 Å². The highest BCUT2D eigenvalue weighted by Crippen LogP contribution is 2.37. The van der Waals surface area contributed by atoms with Crippen LogP contribution in [0.4, 0.5) is 8.78 Å². The van der Waals surface area contributed by atoms with E-state index >= 15 is 0 Å². The van der Waals surface area contributed by atoms with Crippen molar-refractivity contribution in [2.75, 3.05) is 0 Å². The maximum Gasteiger partial charge on any atom is 0.397 e. The summed E-state index contributed by atoms with van der Waals surface area (Å²) in [6.07, 6.45) is 0. The van der Waals surface area contributed by atoms with Crippen LogP contribution in [0.25, 0.3) is 0 Å². The molecule has 0 bridgehead atoms. The van der Waals surface area contributed by atoms with Gasteiger partial charge in [0.1, 0.15) is 0 Å². The molecule has 1 N–H and O–H groups in total. The second kappa shape index (κ2) is 4.17. The summed E-state index contributed by atoms with van der Waals surface area (Å²) in [5, 5.41) is 0. The Morgan fingerprint density at radius 1 is 1.31 bits per heavy atom. The number of hydrogen-bond acceptors (Lipinski definition) is 2. The van der Waals surface area contributed by atoms with Crippen LogP contribution < -0.4 is 0 Å². The van der Waals surface area contributed by atoms with Crippen LogP contribution in [-0.4, -0.2) is 13.3 Å². The molecule has 1 aromatic rings. The molecule has 0 saturated carbocycles. The van der Waals surface area contributed by atoms with Gasteiger partial charge in [0.15, 0.2) is 0 Å². The lowest BCUT2D eigenvalue weighted by atomic mass is 10.4. The zero-order chi connectivity index (χ0) is 9.90. The fourth-order valence-corrected chi connectivity index (χ4v) is 1.80. The molecule has 0 aromatic heterocycles. The summed E-state index contributed by atoms with van der Waals surface area (Å²) in [7, 11) is 0. The van der Waals surface area contributed by atoms with Gasteiger partial charge in [-0.1, -0.05) is 18.2 Å². The highest BCUT2D eigenvalue weighted by atomic mass is 32.2. The standard InChI is InChI=1S/C7H6F2O2S2/c8-7(9,13(10)11)12-6-4-2-1-3-5-6/h1-5H,(H,10,11). The van der Waals surface area contributed by atoms with Crippen LogP contribution >= 0.6 is 11.8 Å². The second-order valence-electron chi connectivity index (χ2n) is 2.13. The van der Waals surface area contributed by atoms with Crippen molar-refractivity contribution in [1.29, 1.82) is 0 Å². The molecule has 0 heterocycles. The first kappa shape index (κ1) is 10.6. The molecule has 0 radical (unpaired) electrons. The Hall–Kier alpha value is -0.460. The third-order valence-electron chi connectivity index (χ3n) is 1.18. The van der Waals surface area contributed by atoms with Crippen molar-refractivity contribution >= 4 is 22.8 Å². The van der Waals surface area contributed by atoms with Crippen LogP contribution in [0, 0.1) is 0 Å². The SMILES string of the molecule is O=S(O)C(F)(F)Sc1ccccc1. The molecule has 0 aliphatic carbocycles. The molecule has 1 unspecified atom stereocenters. The van der Waals surface area contributed by atoms with Crippen molar-refractivity contribution in [2.24, 2.45) is 0 Å². The first-order valence-corrected chi connectivity index (χ1v) is 5.17. The molecule has 6 heteroatoms. The van der Waals surface area contributed by atoms with Crippen molar-refractivity contribution in [3.63, 3.8) is 0 Å². The van der Waals surface area contributed by atoms with Crippen LogP contribution in [0.15, 0.2) is 35.2 Å². The molecule has 1 aromatic carbocycles. The van der Waals surface area contributed by atoms with Crippen molar-refractivity contribution in [1.82, 2.24) is 0 Å². The van der Waals surface area contributed by atoms with Gasteiger partial charge < -0.3 is 4.55 Å². The minimum atomic E-state index is -3.65. The largest absolute Gasteiger partial charge is 0.397 e. The lowest BCUT2D eigenvalue weighted by Gasteiger charge is -2.10. The van der Waals surface area contributed by atoms with Gasteiger partial charge in [-0.25, -0.2) is 4.21 Å². The molecule has 1 atom stereocenters. The first-order valence-electron chi connectivity index (χ1n) is 3.25. The third kappa shape index (κ3) is 3.06. The van der Waals surface area contributed by atoms with Gasteiger partial charge in [-0.15, -0.1) is 0 Å². The normalized spacial score (nSPS) is 14.1. The lowest BCUT2D eigenvalue weighted by molar-refractivity contribution is 0.193. The predicted molar refractivity (Wildman–Crippen MR) is 48.0 cm³/mol. The van der Waals surface area contributed by atoms with E-state index in [0.29, 0.717) is 0 Å². The Morgan fingerprint density at radius 2 is 1.85 bits per heavy atom. The van der Waals surface area contributed by atoms with Gasteiger partial charge in [0.25, 0.3) is 0 Å². The van der Waals surface area contributed by atoms with E-state index < -0.39 is 15.7 Å². The zero-order valence-electron chi connectivity index (χ0n) is 6.31. The van der Waals surface area contributed by atoms with Gasteiger partial charge in [-0.2, -0.15) is 8.78 Å². The van der Waals surface area contributed by atoms with Gasteiger partial charge in [0.05, 0.1) is 0 Å². The smallest absolute Gasteiger partial charge is 0.301 e. The summed E-state index contributed by atoms with van der Waals surface area (Å²) in [5.41, 5.74) is 0. The summed E-state index contributed by atoms with van der Waals surface area (Å²) < 4.78 is 40.0. The number of hydrogen-bond donors (Lipinski definition) is 1. The van der Waals surface area contributed by atoms with Gasteiger partial charge in [-0.3, -0.25) is 0 Å². The summed E-state index contributed by atoms with van der Waals surface area (Å²) in [5.74, 6) is 0. The summed E-state index contributed by atoms with van der Waals surface area (Å²) in [6.45, 7) is 0. The minimum Gasteiger partial charge on any atom is -0.301 e. The summed E-state index contributed by atoms with van der Waals surface area (Å²) in [4.78, 5) is 0.259. The maximum atomic E-state index is 12.6. The predicted octanol–water partition coefficient (Wildman–Crippen LogP) is 2.55. The highest BCUT2D eigenvalue weighted by molar-refractivity contribution is 8.10. The molecule has 0 fully saturated rings. The van der Waals surface area contributed by atoms with E-state index in [1.807, 2.05) is 0 Å². The molecule has 0 aliphatic heterocycles. The molecule has 0 saturated heterocycles. The van der Waals surface area contributed by atoms with E-state index in [9.17, 15) is 13.0 Å². The molecular formula is C7H6F2O2S2. The second-order valence-corrected chi connectivity index (χ2v) is 4.59. The molecule has 0 aliphatic rings. The molecule has 72 valence electrons. The molecule has 13 heavy (non-hydrogen) atoms. The van der Waals surface area contributed by atoms with Crippen molar-refractivity contribution in [3.8, 4) is 0 Å². The average Bonchev–Trinajstić information content (AvgIpc) is 2.05. The minimum absolute atomic E-state index is 0.0705. The number of rotatable bonds is 3. The van der Waals surface area contributed by atoms with Crippen LogP contribution in [0.1, 0.15) is 0 Å². The van der Waals surface area contributed by atoms with Crippen molar-refractivity contribution in [3.05, 3.63) is 30.3 Å². The van der Waals surface area contributed by atoms with Gasteiger partial charge in [0.2, 0.25) is 11.1 Å². The quantitative estimate of drug-likeness (QED) is 0.633. The fraction of sp³-hybridized carbons (Fsp3) is 0.143. The van der Waals surface area contributed by atoms with Gasteiger partial charge in [-0.05, 0) is 23.9 Å². The monoisotopic (exact) mass is 224 g/mol. The Labute approximate surface area is 80.6 Å². The number of benzene rings is 1. The van der Waals surface area contributed by atoms with Gasteiger partial charge in [0, 0.05) is 4.90 Å².